The number of hydrogen-bond acceptors (Lipinski definition) is 1. The number of rotatable bonds is 4. The molecule has 5 aromatic heterocycles. The second-order valence-electron chi connectivity index (χ2n) is 17.5. The van der Waals surface area contributed by atoms with Crippen LogP contribution in [-0.2, 0) is 0 Å². The summed E-state index contributed by atoms with van der Waals surface area (Å²) in [6.45, 7) is 0. The van der Waals surface area contributed by atoms with E-state index >= 15 is 0 Å². The Morgan fingerprint density at radius 3 is 1.15 bits per heavy atom. The molecule has 5 nitrogen and oxygen atoms in total. The SMILES string of the molecule is c1cc(-n2c3ccccc3c3cc4c(cc32)c2ccccc2n4-c2cccc3ccccc23)nc(-n2c3ccccc3c3ccc4c5ccccc5n(-c5cccc6ccccc56)c4c32)c1. The van der Waals surface area contributed by atoms with E-state index in [9.17, 15) is 0 Å². The lowest BCUT2D eigenvalue weighted by Gasteiger charge is -2.15. The molecule has 0 radical (unpaired) electrons. The minimum atomic E-state index is 0.862. The van der Waals surface area contributed by atoms with Gasteiger partial charge in [0.1, 0.15) is 11.6 Å². The highest BCUT2D eigenvalue weighted by molar-refractivity contribution is 6.24. The van der Waals surface area contributed by atoms with Gasteiger partial charge < -0.3 is 9.13 Å². The van der Waals surface area contributed by atoms with E-state index in [4.69, 9.17) is 4.98 Å². The van der Waals surface area contributed by atoms with E-state index in [1.165, 1.54) is 86.9 Å². The molecule has 66 heavy (non-hydrogen) atoms. The standard InChI is InChI=1S/C61H37N5/c1-3-20-40-38(16-1)18-13-30-50(40)63-52-26-9-7-24-44(52)48-37-57-49(36-56(48)63)45-25-8-10-27-53(45)64(57)58-32-15-33-59(62-58)66-55-29-12-6-23-43(55)47-35-34-46-42-22-5-11-28-54(42)65(60(46)61(47)66)51-31-14-19-39-17-2-4-21-41(39)51/h1-37H. The lowest BCUT2D eigenvalue weighted by atomic mass is 10.1. The molecule has 306 valence electrons. The molecule has 0 N–H and O–H groups in total. The van der Waals surface area contributed by atoms with Crippen molar-refractivity contribution in [3.05, 3.63) is 224 Å². The normalized spacial score (nSPS) is 12.2. The molecule has 0 saturated heterocycles. The van der Waals surface area contributed by atoms with E-state index < -0.39 is 0 Å². The fourth-order valence-corrected chi connectivity index (χ4v) is 11.4. The summed E-state index contributed by atoms with van der Waals surface area (Å²) in [6, 6.07) is 81.8. The van der Waals surface area contributed by atoms with Gasteiger partial charge in [0.2, 0.25) is 0 Å². The van der Waals surface area contributed by atoms with Gasteiger partial charge in [0.05, 0.1) is 55.5 Å². The highest BCUT2D eigenvalue weighted by Gasteiger charge is 2.24. The molecule has 5 heteroatoms. The summed E-state index contributed by atoms with van der Waals surface area (Å²) in [5.41, 5.74) is 11.5. The highest BCUT2D eigenvalue weighted by Crippen LogP contribution is 2.44. The predicted octanol–water partition coefficient (Wildman–Crippen LogP) is 15.8. The summed E-state index contributed by atoms with van der Waals surface area (Å²) in [5, 5.41) is 14.5. The number of benzene rings is 10. The molecule has 15 rings (SSSR count). The Labute approximate surface area is 377 Å². The van der Waals surface area contributed by atoms with Crippen molar-refractivity contribution in [2.75, 3.05) is 0 Å². The monoisotopic (exact) mass is 839 g/mol. The van der Waals surface area contributed by atoms with Crippen LogP contribution in [0.25, 0.3) is 132 Å². The third kappa shape index (κ3) is 4.75. The number of aromatic nitrogens is 5. The predicted molar refractivity (Wildman–Crippen MR) is 277 cm³/mol. The number of fused-ring (bicyclic) bond motifs is 15. The minimum Gasteiger partial charge on any atom is -0.309 e. The molecule has 0 spiro atoms. The molecule has 0 amide bonds. The summed E-state index contributed by atoms with van der Waals surface area (Å²) < 4.78 is 9.72. The van der Waals surface area contributed by atoms with Crippen LogP contribution >= 0.6 is 0 Å². The van der Waals surface area contributed by atoms with Crippen LogP contribution in [0.4, 0.5) is 0 Å². The van der Waals surface area contributed by atoms with Gasteiger partial charge in [-0.25, -0.2) is 4.98 Å². The Balaban J connectivity index is 1.03. The lowest BCUT2D eigenvalue weighted by Crippen LogP contribution is -2.04. The van der Waals surface area contributed by atoms with E-state index in [1.54, 1.807) is 0 Å². The Morgan fingerprint density at radius 2 is 0.591 bits per heavy atom. The van der Waals surface area contributed by atoms with Crippen molar-refractivity contribution >= 4 is 109 Å². The molecule has 0 aliphatic carbocycles. The maximum Gasteiger partial charge on any atom is 0.140 e. The first-order valence-corrected chi connectivity index (χ1v) is 22.6. The van der Waals surface area contributed by atoms with Crippen LogP contribution in [0.15, 0.2) is 224 Å². The van der Waals surface area contributed by atoms with Crippen LogP contribution in [0.1, 0.15) is 0 Å². The highest BCUT2D eigenvalue weighted by atomic mass is 15.1. The average molecular weight is 840 g/mol. The fourth-order valence-electron chi connectivity index (χ4n) is 11.4. The van der Waals surface area contributed by atoms with Crippen LogP contribution in [0.2, 0.25) is 0 Å². The summed E-state index contributed by atoms with van der Waals surface area (Å²) in [5.74, 6) is 1.73. The molecule has 0 aliphatic heterocycles. The lowest BCUT2D eigenvalue weighted by molar-refractivity contribution is 1.01. The van der Waals surface area contributed by atoms with Crippen molar-refractivity contribution in [1.82, 2.24) is 23.3 Å². The Kier molecular flexibility index (Phi) is 7.16. The topological polar surface area (TPSA) is 32.6 Å². The van der Waals surface area contributed by atoms with Crippen LogP contribution < -0.4 is 0 Å². The third-order valence-corrected chi connectivity index (χ3v) is 14.1. The van der Waals surface area contributed by atoms with Gasteiger partial charge in [0, 0.05) is 53.9 Å². The molecule has 0 aliphatic rings. The van der Waals surface area contributed by atoms with Crippen molar-refractivity contribution in [3.63, 3.8) is 0 Å². The maximum atomic E-state index is 5.71. The molecule has 0 saturated carbocycles. The summed E-state index contributed by atoms with van der Waals surface area (Å²) in [7, 11) is 0. The molecular formula is C61H37N5. The van der Waals surface area contributed by atoms with E-state index in [1.807, 2.05) is 0 Å². The first kappa shape index (κ1) is 35.5. The molecule has 15 aromatic rings. The molecule has 5 heterocycles. The smallest absolute Gasteiger partial charge is 0.140 e. The van der Waals surface area contributed by atoms with Crippen LogP contribution in [0.5, 0.6) is 0 Å². The van der Waals surface area contributed by atoms with Gasteiger partial charge in [-0.15, -0.1) is 0 Å². The second-order valence-corrected chi connectivity index (χ2v) is 17.5. The van der Waals surface area contributed by atoms with Gasteiger partial charge in [0.15, 0.2) is 0 Å². The van der Waals surface area contributed by atoms with Crippen LogP contribution in [0.3, 0.4) is 0 Å². The van der Waals surface area contributed by atoms with Gasteiger partial charge >= 0.3 is 0 Å². The zero-order chi connectivity index (χ0) is 43.0. The third-order valence-electron chi connectivity index (χ3n) is 14.1. The number of nitrogens with zero attached hydrogens (tertiary/aromatic N) is 5. The van der Waals surface area contributed by atoms with E-state index in [0.29, 0.717) is 0 Å². The van der Waals surface area contributed by atoms with E-state index in [2.05, 4.69) is 243 Å². The summed E-state index contributed by atoms with van der Waals surface area (Å²) in [6.07, 6.45) is 0. The average Bonchev–Trinajstić information content (AvgIpc) is 4.10. The molecule has 10 aromatic carbocycles. The van der Waals surface area contributed by atoms with Crippen molar-refractivity contribution < 1.29 is 0 Å². The number of para-hydroxylation sites is 4. The van der Waals surface area contributed by atoms with Gasteiger partial charge in [-0.3, -0.25) is 9.13 Å². The Bertz CT molecular complexity index is 4530. The molecule has 0 atom stereocenters. The van der Waals surface area contributed by atoms with Crippen LogP contribution in [0, 0.1) is 0 Å². The zero-order valence-corrected chi connectivity index (χ0v) is 35.6. The van der Waals surface area contributed by atoms with E-state index in [0.717, 1.165) is 44.9 Å². The first-order valence-electron chi connectivity index (χ1n) is 22.6. The zero-order valence-electron chi connectivity index (χ0n) is 35.6. The van der Waals surface area contributed by atoms with Gasteiger partial charge in [-0.2, -0.15) is 0 Å². The minimum absolute atomic E-state index is 0.862. The van der Waals surface area contributed by atoms with Crippen molar-refractivity contribution in [3.8, 4) is 23.0 Å². The second kappa shape index (κ2) is 13.3. The van der Waals surface area contributed by atoms with Crippen molar-refractivity contribution in [2.24, 2.45) is 0 Å². The molecule has 0 fully saturated rings. The largest absolute Gasteiger partial charge is 0.309 e. The fraction of sp³-hybridized carbons (Fsp3) is 0. The summed E-state index contributed by atoms with van der Waals surface area (Å²) in [4.78, 5) is 5.71. The van der Waals surface area contributed by atoms with E-state index in [-0.39, 0.29) is 0 Å². The Hall–Kier alpha value is -8.93. The van der Waals surface area contributed by atoms with Crippen molar-refractivity contribution in [1.29, 1.82) is 0 Å². The Morgan fingerprint density at radius 1 is 0.227 bits per heavy atom. The maximum absolute atomic E-state index is 5.71. The molecule has 0 bridgehead atoms. The summed E-state index contributed by atoms with van der Waals surface area (Å²) >= 11 is 0. The quantitative estimate of drug-likeness (QED) is 0.174. The van der Waals surface area contributed by atoms with Gasteiger partial charge in [0.25, 0.3) is 0 Å². The number of pyridine rings is 1. The first-order chi connectivity index (χ1) is 32.8. The van der Waals surface area contributed by atoms with Gasteiger partial charge in [-0.05, 0) is 71.4 Å². The molecule has 0 unspecified atom stereocenters. The van der Waals surface area contributed by atoms with Gasteiger partial charge in [-0.1, -0.05) is 164 Å². The number of hydrogen-bond donors (Lipinski definition) is 0. The molecular weight excluding hydrogens is 803 g/mol. The van der Waals surface area contributed by atoms with Crippen molar-refractivity contribution in [2.45, 2.75) is 0 Å². The van der Waals surface area contributed by atoms with Crippen LogP contribution in [-0.4, -0.2) is 23.3 Å².